The van der Waals surface area contributed by atoms with Crippen LogP contribution in [0.2, 0.25) is 0 Å². The summed E-state index contributed by atoms with van der Waals surface area (Å²) in [5.74, 6) is -0.152. The van der Waals surface area contributed by atoms with Crippen LogP contribution in [0.1, 0.15) is 13.3 Å². The molecule has 14 heavy (non-hydrogen) atoms. The van der Waals surface area contributed by atoms with E-state index in [-0.39, 0.29) is 18.9 Å². The van der Waals surface area contributed by atoms with Gasteiger partial charge in [0, 0.05) is 19.6 Å². The van der Waals surface area contributed by atoms with Crippen molar-refractivity contribution in [3.63, 3.8) is 0 Å². The first-order valence-electron chi connectivity index (χ1n) is 4.84. The molecule has 0 atom stereocenters. The molecule has 0 bridgehead atoms. The largest absolute Gasteiger partial charge is 0.396 e. The summed E-state index contributed by atoms with van der Waals surface area (Å²) in [5, 5.41) is 11.0. The Morgan fingerprint density at radius 3 is 2.64 bits per heavy atom. The molecule has 0 unspecified atom stereocenters. The van der Waals surface area contributed by atoms with Crippen LogP contribution in [0.3, 0.4) is 0 Å². The van der Waals surface area contributed by atoms with Gasteiger partial charge in [-0.15, -0.1) is 0 Å². The molecule has 84 valence electrons. The summed E-state index contributed by atoms with van der Waals surface area (Å²) < 4.78 is 10.2. The molecule has 0 heterocycles. The number of hydrogen-bond acceptors (Lipinski definition) is 4. The molecule has 0 fully saturated rings. The Balaban J connectivity index is 3.01. The molecule has 0 saturated carbocycles. The molecule has 0 aliphatic heterocycles. The topological polar surface area (TPSA) is 67.8 Å². The van der Waals surface area contributed by atoms with Gasteiger partial charge in [-0.2, -0.15) is 0 Å². The van der Waals surface area contributed by atoms with Crippen LogP contribution in [0, 0.1) is 0 Å². The first-order chi connectivity index (χ1) is 6.81. The third-order valence-corrected chi connectivity index (χ3v) is 1.48. The van der Waals surface area contributed by atoms with Crippen molar-refractivity contribution in [2.75, 3.05) is 39.6 Å². The summed E-state index contributed by atoms with van der Waals surface area (Å²) in [4.78, 5) is 10.8. The Morgan fingerprint density at radius 1 is 1.29 bits per heavy atom. The normalized spacial score (nSPS) is 10.1. The van der Waals surface area contributed by atoms with E-state index in [4.69, 9.17) is 14.6 Å². The van der Waals surface area contributed by atoms with Gasteiger partial charge in [-0.1, -0.05) is 0 Å². The molecule has 5 nitrogen and oxygen atoms in total. The molecule has 0 aliphatic carbocycles. The van der Waals surface area contributed by atoms with Crippen molar-refractivity contribution in [3.8, 4) is 0 Å². The average Bonchev–Trinajstić information content (AvgIpc) is 2.17. The molecule has 0 rings (SSSR count). The van der Waals surface area contributed by atoms with Crippen LogP contribution >= 0.6 is 0 Å². The zero-order valence-corrected chi connectivity index (χ0v) is 8.62. The fourth-order valence-corrected chi connectivity index (χ4v) is 0.817. The lowest BCUT2D eigenvalue weighted by molar-refractivity contribution is -0.121. The third kappa shape index (κ3) is 9.44. The molecule has 0 aromatic heterocycles. The highest BCUT2D eigenvalue weighted by molar-refractivity contribution is 5.75. The average molecular weight is 205 g/mol. The second-order valence-corrected chi connectivity index (χ2v) is 2.63. The van der Waals surface area contributed by atoms with Crippen LogP contribution in [0.5, 0.6) is 0 Å². The van der Waals surface area contributed by atoms with Gasteiger partial charge in [0.1, 0.15) is 0 Å². The molecule has 5 heteroatoms. The van der Waals surface area contributed by atoms with Gasteiger partial charge in [0.15, 0.2) is 0 Å². The lowest BCUT2D eigenvalue weighted by Gasteiger charge is -2.05. The van der Waals surface area contributed by atoms with Gasteiger partial charge in [-0.25, -0.2) is 0 Å². The number of ether oxygens (including phenoxy) is 2. The number of hydrogen-bond donors (Lipinski definition) is 2. The van der Waals surface area contributed by atoms with Crippen LogP contribution in [0.25, 0.3) is 0 Å². The Labute approximate surface area is 84.4 Å². The fourth-order valence-electron chi connectivity index (χ4n) is 0.817. The quantitative estimate of drug-likeness (QED) is 0.500. The predicted molar refractivity (Wildman–Crippen MR) is 52.0 cm³/mol. The van der Waals surface area contributed by atoms with Gasteiger partial charge in [0.2, 0.25) is 5.91 Å². The molecule has 0 spiro atoms. The van der Waals surface area contributed by atoms with Crippen LogP contribution in [-0.4, -0.2) is 50.6 Å². The smallest absolute Gasteiger partial charge is 0.222 e. The van der Waals surface area contributed by atoms with E-state index in [1.165, 1.54) is 0 Å². The number of carbonyl (C=O) groups excluding carboxylic acids is 1. The van der Waals surface area contributed by atoms with E-state index in [1.807, 2.05) is 6.92 Å². The summed E-state index contributed by atoms with van der Waals surface area (Å²) >= 11 is 0. The molecule has 2 N–H and O–H groups in total. The van der Waals surface area contributed by atoms with E-state index < -0.39 is 0 Å². The number of nitrogens with one attached hydrogen (secondary N) is 1. The van der Waals surface area contributed by atoms with Crippen LogP contribution in [0.15, 0.2) is 0 Å². The maximum absolute atomic E-state index is 10.8. The lowest BCUT2D eigenvalue weighted by atomic mass is 10.4. The molecule has 0 radical (unpaired) electrons. The number of rotatable bonds is 9. The highest BCUT2D eigenvalue weighted by Crippen LogP contribution is 1.79. The van der Waals surface area contributed by atoms with Gasteiger partial charge in [0.25, 0.3) is 0 Å². The zero-order valence-electron chi connectivity index (χ0n) is 8.62. The molecule has 0 aromatic carbocycles. The molecule has 0 aliphatic rings. The van der Waals surface area contributed by atoms with E-state index >= 15 is 0 Å². The minimum absolute atomic E-state index is 0.114. The first-order valence-corrected chi connectivity index (χ1v) is 4.84. The molecule has 0 saturated heterocycles. The van der Waals surface area contributed by atoms with Crippen molar-refractivity contribution >= 4 is 5.91 Å². The van der Waals surface area contributed by atoms with Crippen molar-refractivity contribution in [1.82, 2.24) is 5.32 Å². The molecule has 0 aromatic rings. The zero-order chi connectivity index (χ0) is 10.6. The minimum atomic E-state index is -0.152. The maximum atomic E-state index is 10.8. The number of aliphatic hydroxyl groups excluding tert-OH is 1. The number of aliphatic hydroxyl groups is 1. The summed E-state index contributed by atoms with van der Waals surface area (Å²) in [6.45, 7) is 4.59. The Bertz CT molecular complexity index is 141. The summed E-state index contributed by atoms with van der Waals surface area (Å²) in [7, 11) is 0. The Hall–Kier alpha value is -0.650. The highest BCUT2D eigenvalue weighted by Gasteiger charge is 1.97. The highest BCUT2D eigenvalue weighted by atomic mass is 16.5. The molecule has 1 amide bonds. The molecular weight excluding hydrogens is 186 g/mol. The second kappa shape index (κ2) is 10.4. The predicted octanol–water partition coefficient (Wildman–Crippen LogP) is -0.462. The monoisotopic (exact) mass is 205 g/mol. The van der Waals surface area contributed by atoms with E-state index in [1.54, 1.807) is 0 Å². The van der Waals surface area contributed by atoms with E-state index in [2.05, 4.69) is 5.32 Å². The lowest BCUT2D eigenvalue weighted by Crippen LogP contribution is -2.28. The van der Waals surface area contributed by atoms with E-state index in [0.717, 1.165) is 0 Å². The summed E-state index contributed by atoms with van der Waals surface area (Å²) in [5.41, 5.74) is 0. The van der Waals surface area contributed by atoms with Crippen molar-refractivity contribution < 1.29 is 19.4 Å². The van der Waals surface area contributed by atoms with Crippen LogP contribution in [0.4, 0.5) is 0 Å². The summed E-state index contributed by atoms with van der Waals surface area (Å²) in [6.07, 6.45) is 0.152. The third-order valence-electron chi connectivity index (χ3n) is 1.48. The minimum Gasteiger partial charge on any atom is -0.396 e. The standard InChI is InChI=1S/C9H19NO4/c1-2-13-7-8-14-6-4-10-9(12)3-5-11/h11H,2-8H2,1H3,(H,10,12). The van der Waals surface area contributed by atoms with Gasteiger partial charge in [-0.3, -0.25) is 4.79 Å². The van der Waals surface area contributed by atoms with Crippen molar-refractivity contribution in [1.29, 1.82) is 0 Å². The Morgan fingerprint density at radius 2 is 2.00 bits per heavy atom. The summed E-state index contributed by atoms with van der Waals surface area (Å²) in [6, 6.07) is 0. The van der Waals surface area contributed by atoms with E-state index in [9.17, 15) is 4.79 Å². The van der Waals surface area contributed by atoms with Crippen molar-refractivity contribution in [3.05, 3.63) is 0 Å². The van der Waals surface area contributed by atoms with Crippen LogP contribution in [-0.2, 0) is 14.3 Å². The number of carbonyl (C=O) groups is 1. The SMILES string of the molecule is CCOCCOCCNC(=O)CCO. The van der Waals surface area contributed by atoms with Crippen molar-refractivity contribution in [2.45, 2.75) is 13.3 Å². The van der Waals surface area contributed by atoms with Crippen molar-refractivity contribution in [2.24, 2.45) is 0 Å². The molecular formula is C9H19NO4. The van der Waals surface area contributed by atoms with Gasteiger partial charge in [0.05, 0.1) is 26.4 Å². The maximum Gasteiger partial charge on any atom is 0.222 e. The van der Waals surface area contributed by atoms with E-state index in [0.29, 0.717) is 33.0 Å². The van der Waals surface area contributed by atoms with Crippen LogP contribution < -0.4 is 5.32 Å². The number of amides is 1. The van der Waals surface area contributed by atoms with Gasteiger partial charge < -0.3 is 19.9 Å². The second-order valence-electron chi connectivity index (χ2n) is 2.63. The van der Waals surface area contributed by atoms with Gasteiger partial charge in [-0.05, 0) is 6.92 Å². The fraction of sp³-hybridized carbons (Fsp3) is 0.889. The Kier molecular flexibility index (Phi) is 9.95. The first kappa shape index (κ1) is 13.4. The van der Waals surface area contributed by atoms with Gasteiger partial charge >= 0.3 is 0 Å².